The summed E-state index contributed by atoms with van der Waals surface area (Å²) in [5.41, 5.74) is 0.382. The van der Waals surface area contributed by atoms with E-state index in [4.69, 9.17) is 11.6 Å². The molecular weight excluding hydrogens is 284 g/mol. The number of nitrogens with zero attached hydrogens (tertiary/aromatic N) is 3. The molecule has 102 valence electrons. The van der Waals surface area contributed by atoms with E-state index in [1.165, 1.54) is 37.5 Å². The third-order valence-corrected chi connectivity index (χ3v) is 2.80. The van der Waals surface area contributed by atoms with Crippen molar-refractivity contribution in [3.8, 4) is 0 Å². The van der Waals surface area contributed by atoms with E-state index < -0.39 is 10.8 Å². The monoisotopic (exact) mass is 292 g/mol. The summed E-state index contributed by atoms with van der Waals surface area (Å²) in [4.78, 5) is 30.0. The molecule has 1 aromatic carbocycles. The Morgan fingerprint density at radius 3 is 2.70 bits per heavy atom. The van der Waals surface area contributed by atoms with Crippen LogP contribution in [-0.2, 0) is 0 Å². The van der Waals surface area contributed by atoms with Gasteiger partial charge >= 0.3 is 0 Å². The molecule has 2 rings (SSSR count). The van der Waals surface area contributed by atoms with Gasteiger partial charge in [0.2, 0.25) is 0 Å². The highest BCUT2D eigenvalue weighted by molar-refractivity contribution is 6.29. The number of anilines is 1. The van der Waals surface area contributed by atoms with Crippen LogP contribution in [0.15, 0.2) is 30.6 Å². The van der Waals surface area contributed by atoms with E-state index in [-0.39, 0.29) is 27.8 Å². The molecular formula is C12H9ClN4O3. The van der Waals surface area contributed by atoms with Gasteiger partial charge in [-0.05, 0) is 13.0 Å². The number of nitro benzene ring substituents is 1. The molecule has 1 heterocycles. The number of halogens is 1. The fourth-order valence-electron chi connectivity index (χ4n) is 1.63. The fourth-order valence-corrected chi connectivity index (χ4v) is 1.73. The van der Waals surface area contributed by atoms with Crippen LogP contribution in [0.2, 0.25) is 5.15 Å². The molecule has 0 unspecified atom stereocenters. The van der Waals surface area contributed by atoms with Crippen molar-refractivity contribution in [2.75, 3.05) is 5.32 Å². The lowest BCUT2D eigenvalue weighted by molar-refractivity contribution is -0.385. The van der Waals surface area contributed by atoms with Crippen molar-refractivity contribution < 1.29 is 9.72 Å². The zero-order valence-electron chi connectivity index (χ0n) is 10.3. The Hall–Kier alpha value is -2.54. The Labute approximate surface area is 118 Å². The molecule has 1 amide bonds. The largest absolute Gasteiger partial charge is 0.305 e. The first-order chi connectivity index (χ1) is 9.49. The van der Waals surface area contributed by atoms with Crippen molar-refractivity contribution in [2.24, 2.45) is 0 Å². The minimum atomic E-state index is -0.534. The van der Waals surface area contributed by atoms with Gasteiger partial charge in [0.15, 0.2) is 5.82 Å². The number of carbonyl (C=O) groups is 1. The van der Waals surface area contributed by atoms with Gasteiger partial charge in [0.1, 0.15) is 5.15 Å². The number of hydrogen-bond acceptors (Lipinski definition) is 5. The van der Waals surface area contributed by atoms with Gasteiger partial charge in [0, 0.05) is 17.2 Å². The van der Waals surface area contributed by atoms with Gasteiger partial charge in [0.25, 0.3) is 11.6 Å². The first-order valence-corrected chi connectivity index (χ1v) is 5.89. The Morgan fingerprint density at radius 2 is 2.10 bits per heavy atom. The standard InChI is InChI=1S/C12H9ClN4O3/c1-7-8(3-2-4-9(7)17(19)20)12(18)16-11-6-14-10(13)5-15-11/h2-6H,1H3,(H,15,16,18). The molecule has 0 bridgehead atoms. The molecule has 7 nitrogen and oxygen atoms in total. The quantitative estimate of drug-likeness (QED) is 0.692. The number of benzene rings is 1. The Morgan fingerprint density at radius 1 is 1.35 bits per heavy atom. The highest BCUT2D eigenvalue weighted by Gasteiger charge is 2.18. The maximum atomic E-state index is 12.1. The second-order valence-corrected chi connectivity index (χ2v) is 4.27. The Bertz CT molecular complexity index is 673. The topological polar surface area (TPSA) is 98.0 Å². The van der Waals surface area contributed by atoms with Gasteiger partial charge in [-0.25, -0.2) is 9.97 Å². The Kier molecular flexibility index (Phi) is 3.90. The molecule has 0 aliphatic rings. The molecule has 1 N–H and O–H groups in total. The van der Waals surface area contributed by atoms with Crippen molar-refractivity contribution in [3.05, 3.63) is 57.0 Å². The third kappa shape index (κ3) is 2.89. The lowest BCUT2D eigenvalue weighted by Gasteiger charge is -2.07. The van der Waals surface area contributed by atoms with Gasteiger partial charge in [-0.2, -0.15) is 0 Å². The van der Waals surface area contributed by atoms with Crippen molar-refractivity contribution in [1.29, 1.82) is 0 Å². The van der Waals surface area contributed by atoms with Crippen LogP contribution in [0, 0.1) is 17.0 Å². The Balaban J connectivity index is 2.28. The molecule has 0 spiro atoms. The number of rotatable bonds is 3. The minimum absolute atomic E-state index is 0.111. The molecule has 0 fully saturated rings. The van der Waals surface area contributed by atoms with Crippen LogP contribution in [0.1, 0.15) is 15.9 Å². The smallest absolute Gasteiger partial charge is 0.273 e. The number of hydrogen-bond donors (Lipinski definition) is 1. The fraction of sp³-hybridized carbons (Fsp3) is 0.0833. The van der Waals surface area contributed by atoms with Crippen LogP contribution in [0.25, 0.3) is 0 Å². The van der Waals surface area contributed by atoms with Crippen LogP contribution in [0.4, 0.5) is 11.5 Å². The predicted octanol–water partition coefficient (Wildman–Crippen LogP) is 2.60. The first-order valence-electron chi connectivity index (χ1n) is 5.52. The van der Waals surface area contributed by atoms with Crippen LogP contribution in [-0.4, -0.2) is 20.8 Å². The van der Waals surface area contributed by atoms with Gasteiger partial charge < -0.3 is 5.32 Å². The molecule has 20 heavy (non-hydrogen) atoms. The van der Waals surface area contributed by atoms with Crippen LogP contribution in [0.3, 0.4) is 0 Å². The second-order valence-electron chi connectivity index (χ2n) is 3.89. The zero-order chi connectivity index (χ0) is 14.7. The molecule has 0 aliphatic heterocycles. The lowest BCUT2D eigenvalue weighted by Crippen LogP contribution is -2.15. The lowest BCUT2D eigenvalue weighted by atomic mass is 10.1. The van der Waals surface area contributed by atoms with E-state index in [0.29, 0.717) is 0 Å². The van der Waals surface area contributed by atoms with E-state index in [1.807, 2.05) is 0 Å². The van der Waals surface area contributed by atoms with E-state index >= 15 is 0 Å². The van der Waals surface area contributed by atoms with Crippen molar-refractivity contribution in [3.63, 3.8) is 0 Å². The number of carbonyl (C=O) groups excluding carboxylic acids is 1. The summed E-state index contributed by atoms with van der Waals surface area (Å²) in [6, 6.07) is 4.29. The normalized spacial score (nSPS) is 10.1. The summed E-state index contributed by atoms with van der Waals surface area (Å²) in [5.74, 6) is -0.284. The summed E-state index contributed by atoms with van der Waals surface area (Å²) in [5, 5.41) is 13.5. The van der Waals surface area contributed by atoms with E-state index in [1.54, 1.807) is 0 Å². The first kappa shape index (κ1) is 13.9. The molecule has 0 saturated heterocycles. The third-order valence-electron chi connectivity index (χ3n) is 2.61. The van der Waals surface area contributed by atoms with E-state index in [0.717, 1.165) is 0 Å². The zero-order valence-corrected chi connectivity index (χ0v) is 11.1. The number of amides is 1. The average molecular weight is 293 g/mol. The highest BCUT2D eigenvalue weighted by atomic mass is 35.5. The van der Waals surface area contributed by atoms with Crippen molar-refractivity contribution in [1.82, 2.24) is 9.97 Å². The highest BCUT2D eigenvalue weighted by Crippen LogP contribution is 2.21. The molecule has 0 aliphatic carbocycles. The molecule has 1 aromatic heterocycles. The second kappa shape index (κ2) is 5.62. The number of nitrogens with one attached hydrogen (secondary N) is 1. The minimum Gasteiger partial charge on any atom is -0.305 e. The maximum Gasteiger partial charge on any atom is 0.273 e. The molecule has 0 atom stereocenters. The number of aromatic nitrogens is 2. The van der Waals surface area contributed by atoms with Gasteiger partial charge in [-0.1, -0.05) is 17.7 Å². The molecule has 0 radical (unpaired) electrons. The van der Waals surface area contributed by atoms with Crippen molar-refractivity contribution >= 4 is 29.0 Å². The van der Waals surface area contributed by atoms with Gasteiger partial charge in [0.05, 0.1) is 17.3 Å². The molecule has 0 saturated carbocycles. The van der Waals surface area contributed by atoms with Crippen molar-refractivity contribution in [2.45, 2.75) is 6.92 Å². The molecule has 8 heteroatoms. The van der Waals surface area contributed by atoms with Crippen LogP contribution >= 0.6 is 11.6 Å². The van der Waals surface area contributed by atoms with Gasteiger partial charge in [-0.15, -0.1) is 0 Å². The van der Waals surface area contributed by atoms with E-state index in [9.17, 15) is 14.9 Å². The maximum absolute atomic E-state index is 12.1. The molecule has 2 aromatic rings. The summed E-state index contributed by atoms with van der Waals surface area (Å²) in [7, 11) is 0. The summed E-state index contributed by atoms with van der Waals surface area (Å²) < 4.78 is 0. The summed E-state index contributed by atoms with van der Waals surface area (Å²) in [6.07, 6.45) is 2.59. The predicted molar refractivity (Wildman–Crippen MR) is 72.8 cm³/mol. The summed E-state index contributed by atoms with van der Waals surface area (Å²) >= 11 is 5.58. The summed E-state index contributed by atoms with van der Waals surface area (Å²) in [6.45, 7) is 1.51. The van der Waals surface area contributed by atoms with Crippen LogP contribution < -0.4 is 5.32 Å². The SMILES string of the molecule is Cc1c(C(=O)Nc2cnc(Cl)cn2)cccc1[N+](=O)[O-]. The van der Waals surface area contributed by atoms with Gasteiger partial charge in [-0.3, -0.25) is 14.9 Å². The average Bonchev–Trinajstić information content (AvgIpc) is 2.41. The van der Waals surface area contributed by atoms with E-state index in [2.05, 4.69) is 15.3 Å². The van der Waals surface area contributed by atoms with Crippen LogP contribution in [0.5, 0.6) is 0 Å². The number of nitro groups is 1.